The molecule has 4 rings (SSSR count). The normalized spacial score (nSPS) is 17.6. The van der Waals surface area contributed by atoms with Crippen molar-refractivity contribution in [3.05, 3.63) is 88.2 Å². The van der Waals surface area contributed by atoms with Gasteiger partial charge in [0, 0.05) is 41.6 Å². The number of phenolic OH excluding ortho intramolecular Hbond substituents is 1. The molecule has 0 bridgehead atoms. The molecule has 4 heteroatoms. The fourth-order valence-electron chi connectivity index (χ4n) is 3.51. The van der Waals surface area contributed by atoms with E-state index in [-0.39, 0.29) is 6.04 Å². The summed E-state index contributed by atoms with van der Waals surface area (Å²) in [6, 6.07) is 20.9. The molecule has 0 saturated heterocycles. The molecule has 1 aliphatic heterocycles. The van der Waals surface area contributed by atoms with Crippen molar-refractivity contribution >= 4 is 15.9 Å². The van der Waals surface area contributed by atoms with E-state index in [0.29, 0.717) is 5.75 Å². The third kappa shape index (κ3) is 2.87. The van der Waals surface area contributed by atoms with E-state index in [2.05, 4.69) is 74.1 Å². The van der Waals surface area contributed by atoms with Crippen molar-refractivity contribution in [1.29, 1.82) is 0 Å². The molecule has 0 spiro atoms. The Balaban J connectivity index is 1.71. The van der Waals surface area contributed by atoms with Gasteiger partial charge in [-0.15, -0.1) is 0 Å². The molecule has 0 aliphatic carbocycles. The van der Waals surface area contributed by atoms with Crippen molar-refractivity contribution in [2.75, 3.05) is 6.54 Å². The number of benzene rings is 2. The molecule has 0 amide bonds. The summed E-state index contributed by atoms with van der Waals surface area (Å²) in [4.78, 5) is 2.44. The van der Waals surface area contributed by atoms with Crippen molar-refractivity contribution in [1.82, 2.24) is 9.47 Å². The molecule has 0 radical (unpaired) electrons. The SMILES string of the molecule is Oc1cc(Br)ccc1CN1CCn2cccc2C1c1ccccc1. The minimum Gasteiger partial charge on any atom is -0.508 e. The highest BCUT2D eigenvalue weighted by Crippen LogP contribution is 2.34. The van der Waals surface area contributed by atoms with Crippen LogP contribution < -0.4 is 0 Å². The minimum atomic E-state index is 0.206. The smallest absolute Gasteiger partial charge is 0.121 e. The number of rotatable bonds is 3. The fourth-order valence-corrected chi connectivity index (χ4v) is 3.86. The molecule has 24 heavy (non-hydrogen) atoms. The Morgan fingerprint density at radius 1 is 1.00 bits per heavy atom. The number of hydrogen-bond donors (Lipinski definition) is 1. The number of phenols is 1. The maximum Gasteiger partial charge on any atom is 0.121 e. The average molecular weight is 383 g/mol. The zero-order valence-corrected chi connectivity index (χ0v) is 14.9. The van der Waals surface area contributed by atoms with Crippen LogP contribution in [0.4, 0.5) is 0 Å². The molecule has 1 aromatic heterocycles. The highest BCUT2D eigenvalue weighted by Gasteiger charge is 2.29. The average Bonchev–Trinajstić information content (AvgIpc) is 3.06. The third-order valence-electron chi connectivity index (χ3n) is 4.67. The first-order valence-electron chi connectivity index (χ1n) is 8.14. The van der Waals surface area contributed by atoms with Crippen molar-refractivity contribution in [3.8, 4) is 5.75 Å². The summed E-state index contributed by atoms with van der Waals surface area (Å²) in [5.41, 5.74) is 3.55. The van der Waals surface area contributed by atoms with E-state index in [1.807, 2.05) is 12.1 Å². The van der Waals surface area contributed by atoms with E-state index < -0.39 is 0 Å². The lowest BCUT2D eigenvalue weighted by Gasteiger charge is -2.37. The molecule has 1 atom stereocenters. The van der Waals surface area contributed by atoms with Gasteiger partial charge in [0.15, 0.2) is 0 Å². The van der Waals surface area contributed by atoms with Crippen LogP contribution in [0.3, 0.4) is 0 Å². The van der Waals surface area contributed by atoms with Gasteiger partial charge in [-0.05, 0) is 29.8 Å². The van der Waals surface area contributed by atoms with Crippen molar-refractivity contribution < 1.29 is 5.11 Å². The van der Waals surface area contributed by atoms with Crippen LogP contribution in [-0.4, -0.2) is 21.1 Å². The highest BCUT2D eigenvalue weighted by molar-refractivity contribution is 9.10. The largest absolute Gasteiger partial charge is 0.508 e. The van der Waals surface area contributed by atoms with E-state index in [4.69, 9.17) is 0 Å². The fraction of sp³-hybridized carbons (Fsp3) is 0.200. The summed E-state index contributed by atoms with van der Waals surface area (Å²) in [5, 5.41) is 10.3. The second-order valence-corrected chi connectivity index (χ2v) is 7.10. The lowest BCUT2D eigenvalue weighted by molar-refractivity contribution is 0.173. The molecule has 2 heterocycles. The second kappa shape index (κ2) is 6.46. The van der Waals surface area contributed by atoms with Crippen LogP contribution >= 0.6 is 15.9 Å². The predicted octanol–water partition coefficient (Wildman–Crippen LogP) is 4.56. The Morgan fingerprint density at radius 3 is 2.62 bits per heavy atom. The molecular weight excluding hydrogens is 364 g/mol. The van der Waals surface area contributed by atoms with Crippen LogP contribution in [0.2, 0.25) is 0 Å². The van der Waals surface area contributed by atoms with Gasteiger partial charge >= 0.3 is 0 Å². The van der Waals surface area contributed by atoms with Gasteiger partial charge in [-0.3, -0.25) is 4.90 Å². The molecule has 1 N–H and O–H groups in total. The summed E-state index contributed by atoms with van der Waals surface area (Å²) in [5.74, 6) is 0.345. The summed E-state index contributed by atoms with van der Waals surface area (Å²) in [7, 11) is 0. The molecule has 1 unspecified atom stereocenters. The summed E-state index contributed by atoms with van der Waals surface area (Å²) in [6.07, 6.45) is 2.15. The Hall–Kier alpha value is -2.04. The number of aromatic hydroxyl groups is 1. The standard InChI is InChI=1S/C20H19BrN2O/c21-17-9-8-16(19(24)13-17)14-23-12-11-22-10-4-7-18(22)20(23)15-5-2-1-3-6-15/h1-10,13,20,24H,11-12,14H2. The van der Waals surface area contributed by atoms with Crippen molar-refractivity contribution in [2.45, 2.75) is 19.1 Å². The van der Waals surface area contributed by atoms with Crippen LogP contribution in [0.15, 0.2) is 71.3 Å². The second-order valence-electron chi connectivity index (χ2n) is 6.18. The van der Waals surface area contributed by atoms with Gasteiger partial charge in [0.2, 0.25) is 0 Å². The number of halogens is 1. The van der Waals surface area contributed by atoms with Gasteiger partial charge in [-0.25, -0.2) is 0 Å². The first-order valence-corrected chi connectivity index (χ1v) is 8.93. The molecular formula is C20H19BrN2O. The Labute approximate surface area is 150 Å². The highest BCUT2D eigenvalue weighted by atomic mass is 79.9. The van der Waals surface area contributed by atoms with Crippen LogP contribution in [0.25, 0.3) is 0 Å². The van der Waals surface area contributed by atoms with Gasteiger partial charge in [-0.2, -0.15) is 0 Å². The molecule has 3 nitrogen and oxygen atoms in total. The first kappa shape index (κ1) is 15.5. The van der Waals surface area contributed by atoms with Crippen LogP contribution in [0, 0.1) is 0 Å². The van der Waals surface area contributed by atoms with Gasteiger partial charge in [0.05, 0.1) is 6.04 Å². The summed E-state index contributed by atoms with van der Waals surface area (Å²) < 4.78 is 3.23. The Bertz CT molecular complexity index is 844. The lowest BCUT2D eigenvalue weighted by atomic mass is 9.99. The van der Waals surface area contributed by atoms with E-state index >= 15 is 0 Å². The van der Waals surface area contributed by atoms with Crippen molar-refractivity contribution in [3.63, 3.8) is 0 Å². The third-order valence-corrected chi connectivity index (χ3v) is 5.17. The summed E-state index contributed by atoms with van der Waals surface area (Å²) >= 11 is 3.41. The zero-order valence-electron chi connectivity index (χ0n) is 13.3. The molecule has 3 aromatic rings. The maximum absolute atomic E-state index is 10.3. The summed E-state index contributed by atoms with van der Waals surface area (Å²) in [6.45, 7) is 2.66. The Morgan fingerprint density at radius 2 is 1.83 bits per heavy atom. The number of aromatic nitrogens is 1. The maximum atomic E-state index is 10.3. The van der Waals surface area contributed by atoms with Crippen molar-refractivity contribution in [2.24, 2.45) is 0 Å². The quantitative estimate of drug-likeness (QED) is 0.718. The van der Waals surface area contributed by atoms with E-state index in [1.54, 1.807) is 6.07 Å². The lowest BCUT2D eigenvalue weighted by Crippen LogP contribution is -2.37. The van der Waals surface area contributed by atoms with Crippen LogP contribution in [0.5, 0.6) is 5.75 Å². The topological polar surface area (TPSA) is 28.4 Å². The molecule has 0 fully saturated rings. The van der Waals surface area contributed by atoms with E-state index in [1.165, 1.54) is 11.3 Å². The number of hydrogen-bond acceptors (Lipinski definition) is 2. The molecule has 1 aliphatic rings. The minimum absolute atomic E-state index is 0.206. The first-order chi connectivity index (χ1) is 11.7. The number of nitrogens with zero attached hydrogens (tertiary/aromatic N) is 2. The Kier molecular flexibility index (Phi) is 4.17. The van der Waals surface area contributed by atoms with E-state index in [0.717, 1.165) is 29.7 Å². The monoisotopic (exact) mass is 382 g/mol. The van der Waals surface area contributed by atoms with Gasteiger partial charge < -0.3 is 9.67 Å². The zero-order chi connectivity index (χ0) is 16.5. The van der Waals surface area contributed by atoms with Gasteiger partial charge in [-0.1, -0.05) is 52.3 Å². The van der Waals surface area contributed by atoms with E-state index in [9.17, 15) is 5.11 Å². The molecule has 0 saturated carbocycles. The number of fused-ring (bicyclic) bond motifs is 1. The van der Waals surface area contributed by atoms with Gasteiger partial charge in [0.1, 0.15) is 5.75 Å². The molecule has 122 valence electrons. The van der Waals surface area contributed by atoms with Crippen LogP contribution in [-0.2, 0) is 13.1 Å². The van der Waals surface area contributed by atoms with Gasteiger partial charge in [0.25, 0.3) is 0 Å². The molecule has 2 aromatic carbocycles. The van der Waals surface area contributed by atoms with Crippen LogP contribution in [0.1, 0.15) is 22.9 Å². The predicted molar refractivity (Wildman–Crippen MR) is 98.9 cm³/mol.